The van der Waals surface area contributed by atoms with E-state index in [-0.39, 0.29) is 18.9 Å². The number of rotatable bonds is 51. The summed E-state index contributed by atoms with van der Waals surface area (Å²) in [5, 5.41) is 33.4. The van der Waals surface area contributed by atoms with Gasteiger partial charge in [0.2, 0.25) is 5.91 Å². The predicted octanol–water partition coefficient (Wildman–Crippen LogP) is 16.7. The van der Waals surface area contributed by atoms with E-state index >= 15 is 0 Å². The van der Waals surface area contributed by atoms with Crippen molar-refractivity contribution < 1.29 is 20.1 Å². The molecule has 0 aliphatic carbocycles. The van der Waals surface area contributed by atoms with Crippen LogP contribution in [0.2, 0.25) is 0 Å². The molecular formula is C55H109NO4. The molecule has 0 bridgehead atoms. The van der Waals surface area contributed by atoms with Crippen LogP contribution in [0.4, 0.5) is 0 Å². The van der Waals surface area contributed by atoms with E-state index < -0.39 is 18.2 Å². The van der Waals surface area contributed by atoms with Crippen LogP contribution in [0.5, 0.6) is 0 Å². The fourth-order valence-electron chi connectivity index (χ4n) is 8.87. The van der Waals surface area contributed by atoms with Crippen molar-refractivity contribution in [3.05, 3.63) is 12.2 Å². The quantitative estimate of drug-likeness (QED) is 0.0363. The Labute approximate surface area is 376 Å². The van der Waals surface area contributed by atoms with Gasteiger partial charge in [0.05, 0.1) is 31.3 Å². The SMILES string of the molecule is CCCCCCCCCCCCCCCCCC/C=C\CCCCCCCCCCCCCCCCCC(O)CC(=O)NC(CO)C(O)CCCCCCCCCCCC. The molecule has 0 aliphatic rings. The van der Waals surface area contributed by atoms with Gasteiger partial charge in [0, 0.05) is 0 Å². The molecule has 1 amide bonds. The van der Waals surface area contributed by atoms with Gasteiger partial charge in [-0.05, 0) is 38.5 Å². The molecule has 0 saturated heterocycles. The zero-order valence-electron chi connectivity index (χ0n) is 40.9. The summed E-state index contributed by atoms with van der Waals surface area (Å²) in [4.78, 5) is 12.5. The van der Waals surface area contributed by atoms with Crippen molar-refractivity contribution in [1.82, 2.24) is 5.32 Å². The number of hydrogen-bond acceptors (Lipinski definition) is 4. The van der Waals surface area contributed by atoms with Gasteiger partial charge >= 0.3 is 0 Å². The molecule has 3 unspecified atom stereocenters. The molecule has 60 heavy (non-hydrogen) atoms. The molecular weight excluding hydrogens is 739 g/mol. The summed E-state index contributed by atoms with van der Waals surface area (Å²) >= 11 is 0. The van der Waals surface area contributed by atoms with Crippen LogP contribution < -0.4 is 5.32 Å². The first-order valence-electron chi connectivity index (χ1n) is 27.5. The highest BCUT2D eigenvalue weighted by atomic mass is 16.3. The van der Waals surface area contributed by atoms with Crippen LogP contribution in [0.25, 0.3) is 0 Å². The molecule has 0 heterocycles. The standard InChI is InChI=1S/C55H109NO4/c1-3-5-7-9-11-13-15-16-17-18-19-20-21-22-23-24-25-26-27-28-29-30-31-32-33-34-35-36-37-38-39-40-42-44-46-48-52(58)50-55(60)56-53(51-57)54(59)49-47-45-43-41-14-12-10-8-6-4-2/h26-27,52-54,57-59H,3-25,28-51H2,1-2H3,(H,56,60)/b27-26-. The third-order valence-electron chi connectivity index (χ3n) is 13.1. The van der Waals surface area contributed by atoms with E-state index in [0.29, 0.717) is 12.8 Å². The van der Waals surface area contributed by atoms with Crippen molar-refractivity contribution in [1.29, 1.82) is 0 Å². The van der Waals surface area contributed by atoms with Gasteiger partial charge in [0.15, 0.2) is 0 Å². The lowest BCUT2D eigenvalue weighted by molar-refractivity contribution is -0.125. The maximum atomic E-state index is 12.5. The highest BCUT2D eigenvalue weighted by molar-refractivity contribution is 5.76. The topological polar surface area (TPSA) is 89.8 Å². The minimum Gasteiger partial charge on any atom is -0.394 e. The lowest BCUT2D eigenvalue weighted by atomic mass is 10.0. The maximum absolute atomic E-state index is 12.5. The van der Waals surface area contributed by atoms with Gasteiger partial charge in [-0.15, -0.1) is 0 Å². The van der Waals surface area contributed by atoms with Crippen molar-refractivity contribution in [3.8, 4) is 0 Å². The number of carbonyl (C=O) groups excluding carboxylic acids is 1. The number of unbranched alkanes of at least 4 members (excludes halogenated alkanes) is 40. The van der Waals surface area contributed by atoms with Crippen molar-refractivity contribution in [2.45, 2.75) is 327 Å². The summed E-state index contributed by atoms with van der Waals surface area (Å²) in [7, 11) is 0. The Balaban J connectivity index is 3.41. The van der Waals surface area contributed by atoms with Crippen LogP contribution in [0.15, 0.2) is 12.2 Å². The van der Waals surface area contributed by atoms with E-state index in [4.69, 9.17) is 0 Å². The van der Waals surface area contributed by atoms with Crippen molar-refractivity contribution in [2.75, 3.05) is 6.61 Å². The van der Waals surface area contributed by atoms with Crippen LogP contribution in [-0.4, -0.2) is 46.1 Å². The van der Waals surface area contributed by atoms with Gasteiger partial charge in [-0.25, -0.2) is 0 Å². The van der Waals surface area contributed by atoms with Crippen molar-refractivity contribution in [2.24, 2.45) is 0 Å². The normalized spacial score (nSPS) is 13.3. The molecule has 358 valence electrons. The molecule has 0 aromatic heterocycles. The fourth-order valence-corrected chi connectivity index (χ4v) is 8.87. The molecule has 0 saturated carbocycles. The Morgan fingerprint density at radius 2 is 0.667 bits per heavy atom. The summed E-state index contributed by atoms with van der Waals surface area (Å²) in [6, 6.07) is -0.654. The highest BCUT2D eigenvalue weighted by Gasteiger charge is 2.21. The van der Waals surface area contributed by atoms with Crippen LogP contribution in [0.1, 0.15) is 309 Å². The minimum atomic E-state index is -0.744. The number of aliphatic hydroxyl groups excluding tert-OH is 3. The molecule has 3 atom stereocenters. The van der Waals surface area contributed by atoms with E-state index in [1.54, 1.807) is 0 Å². The largest absolute Gasteiger partial charge is 0.394 e. The van der Waals surface area contributed by atoms with Crippen LogP contribution in [-0.2, 0) is 4.79 Å². The van der Waals surface area contributed by atoms with E-state index in [1.807, 2.05) is 0 Å². The molecule has 0 spiro atoms. The van der Waals surface area contributed by atoms with Crippen LogP contribution in [0.3, 0.4) is 0 Å². The molecule has 4 N–H and O–H groups in total. The summed E-state index contributed by atoms with van der Waals surface area (Å²) in [5.74, 6) is -0.280. The lowest BCUT2D eigenvalue weighted by Crippen LogP contribution is -2.46. The molecule has 0 aliphatic heterocycles. The number of amides is 1. The summed E-state index contributed by atoms with van der Waals surface area (Å²) in [5.41, 5.74) is 0. The zero-order valence-corrected chi connectivity index (χ0v) is 40.9. The number of carbonyl (C=O) groups is 1. The molecule has 0 aromatic carbocycles. The molecule has 0 rings (SSSR count). The minimum absolute atomic E-state index is 0.0404. The predicted molar refractivity (Wildman–Crippen MR) is 264 cm³/mol. The number of allylic oxidation sites excluding steroid dienone is 2. The lowest BCUT2D eigenvalue weighted by Gasteiger charge is -2.23. The number of hydrogen-bond donors (Lipinski definition) is 4. The summed E-state index contributed by atoms with van der Waals surface area (Å²) < 4.78 is 0. The Bertz CT molecular complexity index is 848. The van der Waals surface area contributed by atoms with E-state index in [2.05, 4.69) is 31.3 Å². The van der Waals surface area contributed by atoms with Gasteiger partial charge in [-0.2, -0.15) is 0 Å². The van der Waals surface area contributed by atoms with Gasteiger partial charge in [0.1, 0.15) is 0 Å². The van der Waals surface area contributed by atoms with Gasteiger partial charge in [-0.1, -0.05) is 276 Å². The smallest absolute Gasteiger partial charge is 0.222 e. The molecule has 0 aromatic rings. The Kier molecular flexibility index (Phi) is 50.0. The monoisotopic (exact) mass is 848 g/mol. The summed E-state index contributed by atoms with van der Waals surface area (Å²) in [6.07, 6.45) is 62.5. The molecule has 5 nitrogen and oxygen atoms in total. The second kappa shape index (κ2) is 50.7. The van der Waals surface area contributed by atoms with E-state index in [1.165, 1.54) is 250 Å². The molecule has 0 radical (unpaired) electrons. The second-order valence-electron chi connectivity index (χ2n) is 19.2. The zero-order chi connectivity index (χ0) is 43.7. The highest BCUT2D eigenvalue weighted by Crippen LogP contribution is 2.18. The number of nitrogens with one attached hydrogen (secondary N) is 1. The third kappa shape index (κ3) is 46.6. The van der Waals surface area contributed by atoms with Crippen molar-refractivity contribution >= 4 is 5.91 Å². The van der Waals surface area contributed by atoms with Gasteiger partial charge in [-0.3, -0.25) is 4.79 Å². The Morgan fingerprint density at radius 3 is 0.967 bits per heavy atom. The molecule has 5 heteroatoms. The maximum Gasteiger partial charge on any atom is 0.222 e. The first kappa shape index (κ1) is 59.1. The Hall–Kier alpha value is -0.910. The fraction of sp³-hybridized carbons (Fsp3) is 0.945. The van der Waals surface area contributed by atoms with Crippen LogP contribution >= 0.6 is 0 Å². The van der Waals surface area contributed by atoms with E-state index in [0.717, 1.165) is 25.7 Å². The van der Waals surface area contributed by atoms with E-state index in [9.17, 15) is 20.1 Å². The summed E-state index contributed by atoms with van der Waals surface area (Å²) in [6.45, 7) is 4.27. The third-order valence-corrected chi connectivity index (χ3v) is 13.1. The first-order valence-corrected chi connectivity index (χ1v) is 27.5. The second-order valence-corrected chi connectivity index (χ2v) is 19.2. The first-order chi connectivity index (χ1) is 29.5. The van der Waals surface area contributed by atoms with Crippen LogP contribution in [0, 0.1) is 0 Å². The van der Waals surface area contributed by atoms with Gasteiger partial charge in [0.25, 0.3) is 0 Å². The molecule has 0 fully saturated rings. The Morgan fingerprint density at radius 1 is 0.400 bits per heavy atom. The number of aliphatic hydroxyl groups is 3. The average molecular weight is 848 g/mol. The van der Waals surface area contributed by atoms with Gasteiger partial charge < -0.3 is 20.6 Å². The van der Waals surface area contributed by atoms with Crippen molar-refractivity contribution in [3.63, 3.8) is 0 Å². The average Bonchev–Trinajstić information content (AvgIpc) is 3.24.